The van der Waals surface area contributed by atoms with E-state index >= 15 is 0 Å². The van der Waals surface area contributed by atoms with Crippen molar-refractivity contribution in [2.75, 3.05) is 0 Å². The maximum Gasteiger partial charge on any atom is 0.131 e. The quantitative estimate of drug-likeness (QED) is 0.743. The lowest BCUT2D eigenvalue weighted by molar-refractivity contribution is 0.555. The SMILES string of the molecule is Fc1ccc(C2CCC(c3ccccc3Cl)=N2)c(F)c1. The van der Waals surface area contributed by atoms with E-state index in [0.717, 1.165) is 23.8 Å². The van der Waals surface area contributed by atoms with Crippen LogP contribution >= 0.6 is 11.6 Å². The van der Waals surface area contributed by atoms with E-state index in [0.29, 0.717) is 17.0 Å². The van der Waals surface area contributed by atoms with Crippen LogP contribution in [-0.2, 0) is 0 Å². The molecule has 1 heterocycles. The van der Waals surface area contributed by atoms with Gasteiger partial charge in [-0.2, -0.15) is 0 Å². The first-order valence-corrected chi connectivity index (χ1v) is 6.79. The van der Waals surface area contributed by atoms with Gasteiger partial charge in [0.1, 0.15) is 11.6 Å². The van der Waals surface area contributed by atoms with Gasteiger partial charge < -0.3 is 0 Å². The molecule has 0 fully saturated rings. The molecule has 0 bridgehead atoms. The van der Waals surface area contributed by atoms with E-state index in [9.17, 15) is 8.78 Å². The fraction of sp³-hybridized carbons (Fsp3) is 0.188. The maximum atomic E-state index is 13.8. The fourth-order valence-electron chi connectivity index (χ4n) is 2.49. The van der Waals surface area contributed by atoms with Crippen molar-refractivity contribution in [2.24, 2.45) is 4.99 Å². The lowest BCUT2D eigenvalue weighted by Gasteiger charge is -2.08. The summed E-state index contributed by atoms with van der Waals surface area (Å²) in [6, 6.07) is 10.8. The largest absolute Gasteiger partial charge is 0.281 e. The van der Waals surface area contributed by atoms with Crippen molar-refractivity contribution < 1.29 is 8.78 Å². The van der Waals surface area contributed by atoms with E-state index in [2.05, 4.69) is 4.99 Å². The molecule has 1 nitrogen and oxygen atoms in total. The van der Waals surface area contributed by atoms with Crippen LogP contribution in [0.4, 0.5) is 8.78 Å². The topological polar surface area (TPSA) is 12.4 Å². The van der Waals surface area contributed by atoms with Gasteiger partial charge in [-0.3, -0.25) is 4.99 Å². The van der Waals surface area contributed by atoms with E-state index in [4.69, 9.17) is 11.6 Å². The highest BCUT2D eigenvalue weighted by Gasteiger charge is 2.23. The summed E-state index contributed by atoms with van der Waals surface area (Å²) in [5.41, 5.74) is 2.21. The van der Waals surface area contributed by atoms with E-state index in [1.54, 1.807) is 0 Å². The number of hydrogen-bond acceptors (Lipinski definition) is 1. The lowest BCUT2D eigenvalue weighted by atomic mass is 10.0. The van der Waals surface area contributed by atoms with Gasteiger partial charge in [0.25, 0.3) is 0 Å². The van der Waals surface area contributed by atoms with Gasteiger partial charge in [0.05, 0.1) is 6.04 Å². The molecular formula is C16H12ClF2N. The summed E-state index contributed by atoms with van der Waals surface area (Å²) in [7, 11) is 0. The Labute approximate surface area is 120 Å². The molecule has 1 aliphatic rings. The van der Waals surface area contributed by atoms with Gasteiger partial charge in [0, 0.05) is 27.9 Å². The Balaban J connectivity index is 1.94. The zero-order chi connectivity index (χ0) is 14.1. The molecule has 0 spiro atoms. The molecule has 0 aromatic heterocycles. The highest BCUT2D eigenvalue weighted by atomic mass is 35.5. The van der Waals surface area contributed by atoms with Crippen molar-refractivity contribution >= 4 is 17.3 Å². The summed E-state index contributed by atoms with van der Waals surface area (Å²) >= 11 is 6.15. The molecule has 0 amide bonds. The standard InChI is InChI=1S/C16H12ClF2N/c17-13-4-2-1-3-11(13)15-7-8-16(20-15)12-6-5-10(18)9-14(12)19/h1-6,9,16H,7-8H2. The van der Waals surface area contributed by atoms with Crippen molar-refractivity contribution in [3.63, 3.8) is 0 Å². The van der Waals surface area contributed by atoms with E-state index < -0.39 is 11.6 Å². The van der Waals surface area contributed by atoms with Gasteiger partial charge >= 0.3 is 0 Å². The molecule has 102 valence electrons. The van der Waals surface area contributed by atoms with Crippen LogP contribution < -0.4 is 0 Å². The summed E-state index contributed by atoms with van der Waals surface area (Å²) in [6.07, 6.45) is 1.45. The van der Waals surface area contributed by atoms with E-state index in [1.165, 1.54) is 12.1 Å². The second-order valence-electron chi connectivity index (χ2n) is 4.78. The molecule has 1 unspecified atom stereocenters. The summed E-state index contributed by atoms with van der Waals surface area (Å²) in [6.45, 7) is 0. The molecule has 3 rings (SSSR count). The molecule has 2 aromatic rings. The highest BCUT2D eigenvalue weighted by Crippen LogP contribution is 2.34. The summed E-state index contributed by atoms with van der Waals surface area (Å²) < 4.78 is 26.7. The average molecular weight is 292 g/mol. The minimum absolute atomic E-state index is 0.262. The molecule has 0 saturated heterocycles. The number of aliphatic imine (C=N–C) groups is 1. The Morgan fingerprint density at radius 1 is 1.10 bits per heavy atom. The minimum atomic E-state index is -0.570. The zero-order valence-electron chi connectivity index (χ0n) is 10.6. The van der Waals surface area contributed by atoms with Gasteiger partial charge in [-0.05, 0) is 25.0 Å². The summed E-state index contributed by atoms with van der Waals surface area (Å²) in [5, 5.41) is 0.645. The molecule has 1 aliphatic heterocycles. The van der Waals surface area contributed by atoms with Crippen LogP contribution in [-0.4, -0.2) is 5.71 Å². The van der Waals surface area contributed by atoms with Crippen molar-refractivity contribution in [1.82, 2.24) is 0 Å². The van der Waals surface area contributed by atoms with Crippen molar-refractivity contribution in [2.45, 2.75) is 18.9 Å². The third-order valence-corrected chi connectivity index (χ3v) is 3.80. The Morgan fingerprint density at radius 3 is 2.65 bits per heavy atom. The summed E-state index contributed by atoms with van der Waals surface area (Å²) in [5.74, 6) is -1.11. The molecule has 0 saturated carbocycles. The second kappa shape index (κ2) is 5.33. The van der Waals surface area contributed by atoms with Crippen LogP contribution in [0.15, 0.2) is 47.5 Å². The van der Waals surface area contributed by atoms with Crippen molar-refractivity contribution in [1.29, 1.82) is 0 Å². The predicted octanol–water partition coefficient (Wildman–Crippen LogP) is 4.94. The van der Waals surface area contributed by atoms with Crippen LogP contribution in [0.2, 0.25) is 5.02 Å². The molecule has 1 atom stereocenters. The van der Waals surface area contributed by atoms with Gasteiger partial charge in [0.2, 0.25) is 0 Å². The van der Waals surface area contributed by atoms with Gasteiger partial charge in [-0.15, -0.1) is 0 Å². The lowest BCUT2D eigenvalue weighted by Crippen LogP contribution is -1.97. The Hall–Kier alpha value is -1.74. The van der Waals surface area contributed by atoms with Crippen molar-refractivity contribution in [3.8, 4) is 0 Å². The smallest absolute Gasteiger partial charge is 0.131 e. The highest BCUT2D eigenvalue weighted by molar-refractivity contribution is 6.34. The third kappa shape index (κ3) is 2.46. The number of hydrogen-bond donors (Lipinski definition) is 0. The van der Waals surface area contributed by atoms with Crippen LogP contribution in [0.1, 0.15) is 30.0 Å². The van der Waals surface area contributed by atoms with Gasteiger partial charge in [-0.1, -0.05) is 35.9 Å². The first-order valence-electron chi connectivity index (χ1n) is 6.41. The summed E-state index contributed by atoms with van der Waals surface area (Å²) in [4.78, 5) is 4.55. The Kier molecular flexibility index (Phi) is 3.53. The number of rotatable bonds is 2. The molecular weight excluding hydrogens is 280 g/mol. The predicted molar refractivity (Wildman–Crippen MR) is 76.3 cm³/mol. The zero-order valence-corrected chi connectivity index (χ0v) is 11.4. The van der Waals surface area contributed by atoms with Gasteiger partial charge in [0.15, 0.2) is 0 Å². The van der Waals surface area contributed by atoms with Crippen molar-refractivity contribution in [3.05, 3.63) is 70.2 Å². The molecule has 0 N–H and O–H groups in total. The van der Waals surface area contributed by atoms with Crippen LogP contribution in [0.5, 0.6) is 0 Å². The molecule has 20 heavy (non-hydrogen) atoms. The number of halogens is 3. The second-order valence-corrected chi connectivity index (χ2v) is 5.18. The normalized spacial score (nSPS) is 18.1. The monoisotopic (exact) mass is 291 g/mol. The fourth-order valence-corrected chi connectivity index (χ4v) is 2.73. The molecule has 0 radical (unpaired) electrons. The minimum Gasteiger partial charge on any atom is -0.281 e. The number of nitrogens with zero attached hydrogens (tertiary/aromatic N) is 1. The molecule has 4 heteroatoms. The number of benzene rings is 2. The van der Waals surface area contributed by atoms with Crippen LogP contribution in [0.25, 0.3) is 0 Å². The average Bonchev–Trinajstić information content (AvgIpc) is 2.88. The molecule has 2 aromatic carbocycles. The third-order valence-electron chi connectivity index (χ3n) is 3.47. The first kappa shape index (κ1) is 13.3. The maximum absolute atomic E-state index is 13.8. The van der Waals surface area contributed by atoms with Gasteiger partial charge in [-0.25, -0.2) is 8.78 Å². The van der Waals surface area contributed by atoms with E-state index in [1.807, 2.05) is 24.3 Å². The van der Waals surface area contributed by atoms with E-state index in [-0.39, 0.29) is 6.04 Å². The first-order chi connectivity index (χ1) is 9.65. The Bertz CT molecular complexity index is 682. The Morgan fingerprint density at radius 2 is 1.90 bits per heavy atom. The van der Waals surface area contributed by atoms with Crippen LogP contribution in [0, 0.1) is 11.6 Å². The van der Waals surface area contributed by atoms with Crippen LogP contribution in [0.3, 0.4) is 0 Å². The molecule has 0 aliphatic carbocycles.